The van der Waals surface area contributed by atoms with Crippen molar-refractivity contribution in [1.29, 1.82) is 0 Å². The van der Waals surface area contributed by atoms with Crippen LogP contribution in [0.4, 0.5) is 0 Å². The second-order valence-corrected chi connectivity index (χ2v) is 10.1. The standard InChI is InChI=1S/C23H31O3P.Li/c1-15-10-9-11-16(2)20(15)21(24)27-19-13-12-17(25-22(3,4)5)14-18(19)26-23(6,7)8;/h9-14,27H,1-8H3;. The second kappa shape index (κ2) is 9.49. The number of aryl methyl sites for hydroxylation is 2. The van der Waals surface area contributed by atoms with Crippen molar-refractivity contribution in [2.45, 2.75) is 66.6 Å². The van der Waals surface area contributed by atoms with Crippen LogP contribution in [-0.2, 0) is 0 Å². The van der Waals surface area contributed by atoms with Crippen molar-refractivity contribution in [3.63, 3.8) is 0 Å². The Balaban J connectivity index is 0.00000392. The molecule has 2 aromatic carbocycles. The average Bonchev–Trinajstić information content (AvgIpc) is 2.46. The van der Waals surface area contributed by atoms with Crippen LogP contribution in [0, 0.1) is 13.8 Å². The van der Waals surface area contributed by atoms with Crippen molar-refractivity contribution in [2.75, 3.05) is 0 Å². The molecule has 5 heteroatoms. The van der Waals surface area contributed by atoms with Crippen molar-refractivity contribution >= 4 is 38.3 Å². The number of hydrogen-bond donors (Lipinski definition) is 0. The number of hydrogen-bond acceptors (Lipinski definition) is 3. The predicted octanol–water partition coefficient (Wildman–Crippen LogP) is 5.42. The first-order valence-corrected chi connectivity index (χ1v) is 10.3. The summed E-state index contributed by atoms with van der Waals surface area (Å²) >= 11 is 0. The summed E-state index contributed by atoms with van der Waals surface area (Å²) in [5, 5.41) is 0.902. The molecule has 0 aliphatic rings. The zero-order chi connectivity index (χ0) is 20.4. The van der Waals surface area contributed by atoms with Crippen LogP contribution in [0.1, 0.15) is 63.0 Å². The number of benzene rings is 2. The number of carbonyl (C=O) groups excluding carboxylic acids is 1. The molecule has 2 aromatic rings. The van der Waals surface area contributed by atoms with Gasteiger partial charge in [-0.15, -0.1) is 0 Å². The van der Waals surface area contributed by atoms with Crippen LogP contribution in [0.25, 0.3) is 0 Å². The molecule has 0 N–H and O–H groups in total. The van der Waals surface area contributed by atoms with Crippen molar-refractivity contribution in [3.05, 3.63) is 53.1 Å². The molecule has 1 atom stereocenters. The molecule has 2 rings (SSSR count). The summed E-state index contributed by atoms with van der Waals surface area (Å²) in [5.41, 5.74) is 2.32. The molecule has 0 aliphatic carbocycles. The maximum Gasteiger partial charge on any atom is 0.186 e. The van der Waals surface area contributed by atoms with Gasteiger partial charge in [-0.05, 0) is 87.2 Å². The Hall–Kier alpha value is -1.26. The molecular formula is C23H31LiO3P. The minimum atomic E-state index is -0.360. The second-order valence-electron chi connectivity index (χ2n) is 8.81. The van der Waals surface area contributed by atoms with E-state index in [4.69, 9.17) is 9.47 Å². The first kappa shape index (κ1) is 24.8. The third-order valence-corrected chi connectivity index (χ3v) is 4.91. The molecule has 0 saturated carbocycles. The van der Waals surface area contributed by atoms with E-state index in [1.807, 2.05) is 91.8 Å². The Morgan fingerprint density at radius 2 is 1.39 bits per heavy atom. The van der Waals surface area contributed by atoms with Gasteiger partial charge in [0.1, 0.15) is 22.7 Å². The first-order chi connectivity index (χ1) is 12.4. The van der Waals surface area contributed by atoms with Crippen molar-refractivity contribution in [1.82, 2.24) is 0 Å². The molecule has 147 valence electrons. The molecule has 0 heterocycles. The number of rotatable bonds is 5. The molecule has 0 bridgehead atoms. The fourth-order valence-electron chi connectivity index (χ4n) is 2.79. The van der Waals surface area contributed by atoms with Crippen LogP contribution >= 0.6 is 8.58 Å². The summed E-state index contributed by atoms with van der Waals surface area (Å²) in [4.78, 5) is 13.0. The zero-order valence-corrected chi connectivity index (χ0v) is 19.7. The van der Waals surface area contributed by atoms with Crippen molar-refractivity contribution in [2.24, 2.45) is 0 Å². The molecular weight excluding hydrogens is 362 g/mol. The summed E-state index contributed by atoms with van der Waals surface area (Å²) in [5.74, 6) is 1.46. The van der Waals surface area contributed by atoms with Gasteiger partial charge < -0.3 is 9.47 Å². The van der Waals surface area contributed by atoms with Gasteiger partial charge >= 0.3 is 0 Å². The molecule has 0 aromatic heterocycles. The Bertz CT molecular complexity index is 812. The van der Waals surface area contributed by atoms with Gasteiger partial charge in [0.05, 0.1) is 0 Å². The third-order valence-electron chi connectivity index (χ3n) is 3.75. The summed E-state index contributed by atoms with van der Waals surface area (Å²) in [6, 6.07) is 11.7. The molecule has 0 saturated heterocycles. The summed E-state index contributed by atoms with van der Waals surface area (Å²) in [7, 11) is -0.00183. The molecule has 0 fully saturated rings. The number of ether oxygens (including phenoxy) is 2. The van der Waals surface area contributed by atoms with Gasteiger partial charge in [-0.1, -0.05) is 18.2 Å². The van der Waals surface area contributed by atoms with Crippen LogP contribution in [-0.4, -0.2) is 35.6 Å². The van der Waals surface area contributed by atoms with Gasteiger partial charge in [-0.2, -0.15) is 0 Å². The molecule has 1 radical (unpaired) electrons. The van der Waals surface area contributed by atoms with Gasteiger partial charge in [-0.25, -0.2) is 0 Å². The van der Waals surface area contributed by atoms with Crippen LogP contribution < -0.4 is 14.8 Å². The average molecular weight is 393 g/mol. The van der Waals surface area contributed by atoms with Gasteiger partial charge in [0.25, 0.3) is 0 Å². The molecule has 0 aliphatic heterocycles. The van der Waals surface area contributed by atoms with Crippen molar-refractivity contribution < 1.29 is 14.3 Å². The normalized spacial score (nSPS) is 12.0. The Morgan fingerprint density at radius 1 is 0.857 bits per heavy atom. The summed E-state index contributed by atoms with van der Waals surface area (Å²) in [6.07, 6.45) is 0. The van der Waals surface area contributed by atoms with Gasteiger partial charge in [0.15, 0.2) is 5.52 Å². The summed E-state index contributed by atoms with van der Waals surface area (Å²) in [6.45, 7) is 16.0. The van der Waals surface area contributed by atoms with Crippen LogP contribution in [0.3, 0.4) is 0 Å². The van der Waals surface area contributed by atoms with E-state index in [1.165, 1.54) is 0 Å². The van der Waals surface area contributed by atoms with Crippen LogP contribution in [0.15, 0.2) is 36.4 Å². The maximum atomic E-state index is 13.0. The molecule has 0 spiro atoms. The largest absolute Gasteiger partial charge is 0.488 e. The van der Waals surface area contributed by atoms with E-state index in [2.05, 4.69) is 0 Å². The Morgan fingerprint density at radius 3 is 1.89 bits per heavy atom. The van der Waals surface area contributed by atoms with E-state index in [1.54, 1.807) is 0 Å². The van der Waals surface area contributed by atoms with E-state index >= 15 is 0 Å². The van der Waals surface area contributed by atoms with Gasteiger partial charge in [-0.3, -0.25) is 4.79 Å². The van der Waals surface area contributed by atoms with Crippen molar-refractivity contribution in [3.8, 4) is 11.5 Å². The maximum absolute atomic E-state index is 13.0. The molecule has 1 unspecified atom stereocenters. The smallest absolute Gasteiger partial charge is 0.186 e. The van der Waals surface area contributed by atoms with Crippen LogP contribution in [0.5, 0.6) is 11.5 Å². The summed E-state index contributed by atoms with van der Waals surface area (Å²) < 4.78 is 12.1. The van der Waals surface area contributed by atoms with E-state index in [0.717, 1.165) is 27.7 Å². The third kappa shape index (κ3) is 7.29. The minimum absolute atomic E-state index is 0. The minimum Gasteiger partial charge on any atom is -0.488 e. The Labute approximate surface area is 183 Å². The number of carbonyl (C=O) groups is 1. The van der Waals surface area contributed by atoms with Crippen LogP contribution in [0.2, 0.25) is 0 Å². The van der Waals surface area contributed by atoms with Gasteiger partial charge in [0.2, 0.25) is 0 Å². The van der Waals surface area contributed by atoms with E-state index in [9.17, 15) is 4.79 Å². The predicted molar refractivity (Wildman–Crippen MR) is 121 cm³/mol. The fraction of sp³-hybridized carbons (Fsp3) is 0.435. The first-order valence-electron chi connectivity index (χ1n) is 9.25. The SMILES string of the molecule is Cc1cccc(C)c1C(=O)Pc1ccc(OC(C)(C)C)cc1OC(C)(C)C.[Li]. The monoisotopic (exact) mass is 393 g/mol. The molecule has 3 nitrogen and oxygen atoms in total. The fourth-order valence-corrected chi connectivity index (χ4v) is 3.97. The topological polar surface area (TPSA) is 35.5 Å². The molecule has 0 amide bonds. The van der Waals surface area contributed by atoms with E-state index < -0.39 is 0 Å². The Kier molecular flexibility index (Phi) is 8.40. The molecule has 28 heavy (non-hydrogen) atoms. The van der Waals surface area contributed by atoms with E-state index in [-0.39, 0.29) is 44.2 Å². The quantitative estimate of drug-likeness (QED) is 0.503. The zero-order valence-electron chi connectivity index (χ0n) is 18.7. The van der Waals surface area contributed by atoms with E-state index in [0.29, 0.717) is 5.75 Å². The van der Waals surface area contributed by atoms with Gasteiger partial charge in [0, 0.05) is 35.8 Å².